The van der Waals surface area contributed by atoms with Gasteiger partial charge in [-0.1, -0.05) is 103 Å². The molecular weight excluding hydrogens is 406 g/mol. The third-order valence-electron chi connectivity index (χ3n) is 5.98. The van der Waals surface area contributed by atoms with E-state index >= 15 is 0 Å². The first-order chi connectivity index (χ1) is 16.3. The highest BCUT2D eigenvalue weighted by molar-refractivity contribution is 5.93. The zero-order valence-corrected chi connectivity index (χ0v) is 17.8. The molecule has 3 nitrogen and oxygen atoms in total. The van der Waals surface area contributed by atoms with Crippen LogP contribution in [0, 0.1) is 5.21 Å². The summed E-state index contributed by atoms with van der Waals surface area (Å²) >= 11 is 0. The van der Waals surface area contributed by atoms with Crippen LogP contribution >= 0.6 is 0 Å². The summed E-state index contributed by atoms with van der Waals surface area (Å²) in [5, 5.41) is 14.7. The predicted octanol–water partition coefficient (Wildman–Crippen LogP) is 8.43. The quantitative estimate of drug-likeness (QED) is 0.290. The lowest BCUT2D eigenvalue weighted by atomic mass is 9.95. The molecule has 3 heteroatoms. The Kier molecular flexibility index (Phi) is 4.68. The zero-order valence-electron chi connectivity index (χ0n) is 17.8. The molecule has 0 amide bonds. The van der Waals surface area contributed by atoms with Crippen molar-refractivity contribution in [3.63, 3.8) is 0 Å². The van der Waals surface area contributed by atoms with Crippen molar-refractivity contribution in [3.05, 3.63) is 127 Å². The average molecular weight is 426 g/mol. The molecule has 5 aromatic rings. The molecule has 158 valence electrons. The van der Waals surface area contributed by atoms with Gasteiger partial charge in [-0.05, 0) is 40.5 Å². The van der Waals surface area contributed by atoms with Crippen LogP contribution in [0.15, 0.2) is 121 Å². The molecule has 0 N–H and O–H groups in total. The summed E-state index contributed by atoms with van der Waals surface area (Å²) in [4.78, 5) is 0. The van der Waals surface area contributed by atoms with Crippen LogP contribution in [0.1, 0.15) is 0 Å². The van der Waals surface area contributed by atoms with E-state index in [9.17, 15) is 5.21 Å². The van der Waals surface area contributed by atoms with Gasteiger partial charge in [0.15, 0.2) is 11.5 Å². The smallest absolute Gasteiger partial charge is 0.158 e. The summed E-state index contributed by atoms with van der Waals surface area (Å²) in [6, 6.07) is 39.9. The number of para-hydroxylation sites is 1. The van der Waals surface area contributed by atoms with Gasteiger partial charge in [-0.25, -0.2) is 0 Å². The van der Waals surface area contributed by atoms with Crippen LogP contribution in [0.2, 0.25) is 0 Å². The van der Waals surface area contributed by atoms with Gasteiger partial charge in [-0.2, -0.15) is 0 Å². The van der Waals surface area contributed by atoms with Crippen molar-refractivity contribution in [2.24, 2.45) is 0 Å². The van der Waals surface area contributed by atoms with Gasteiger partial charge in [0.05, 0.1) is 11.4 Å². The summed E-state index contributed by atoms with van der Waals surface area (Å²) in [7, 11) is 0. The van der Waals surface area contributed by atoms with Crippen molar-refractivity contribution < 1.29 is 4.74 Å². The minimum absolute atomic E-state index is 0.507. The lowest BCUT2D eigenvalue weighted by Crippen LogP contribution is -2.15. The standard InChI is InChI=1S/C30H20NO2/c32-31-27-18-10-17-25(22-13-6-2-7-14-22)29(27)33-30-26(23-15-8-3-9-16-23)19-24(20-28(30)31)21-11-4-1-5-12-21/h1-20H/q-1. The van der Waals surface area contributed by atoms with Crippen molar-refractivity contribution in [1.82, 2.24) is 0 Å². The van der Waals surface area contributed by atoms with Gasteiger partial charge in [-0.15, -0.1) is 0 Å². The monoisotopic (exact) mass is 426 g/mol. The van der Waals surface area contributed by atoms with Crippen LogP contribution in [-0.2, 0) is 0 Å². The maximum Gasteiger partial charge on any atom is 0.158 e. The molecule has 0 unspecified atom stereocenters. The molecule has 0 spiro atoms. The molecule has 0 saturated carbocycles. The number of rotatable bonds is 3. The van der Waals surface area contributed by atoms with E-state index in [1.807, 2.05) is 103 Å². The zero-order chi connectivity index (χ0) is 22.2. The molecule has 6 rings (SSSR count). The molecule has 0 bridgehead atoms. The molecule has 0 radical (unpaired) electrons. The SMILES string of the molecule is [O-]N1c2cccc(-c3ccccc3)c2Oc2c(-c3ccccc3)cc(-c3ccccc3)cc21. The molecule has 0 aliphatic carbocycles. The average Bonchev–Trinajstić information content (AvgIpc) is 2.90. The molecule has 33 heavy (non-hydrogen) atoms. The molecular formula is C30H20NO2-. The van der Waals surface area contributed by atoms with Crippen molar-refractivity contribution in [3.8, 4) is 44.9 Å². The Hall–Kier alpha value is -4.34. The first kappa shape index (κ1) is 19.4. The number of anilines is 2. The van der Waals surface area contributed by atoms with Gasteiger partial charge < -0.3 is 15.0 Å². The van der Waals surface area contributed by atoms with Crippen molar-refractivity contribution in [1.29, 1.82) is 0 Å². The van der Waals surface area contributed by atoms with Crippen molar-refractivity contribution in [2.75, 3.05) is 5.06 Å². The number of fused-ring (bicyclic) bond motifs is 2. The van der Waals surface area contributed by atoms with Crippen molar-refractivity contribution in [2.45, 2.75) is 0 Å². The van der Waals surface area contributed by atoms with Crippen LogP contribution in [0.4, 0.5) is 11.4 Å². The van der Waals surface area contributed by atoms with E-state index in [1.165, 1.54) is 0 Å². The maximum absolute atomic E-state index is 13.7. The highest BCUT2D eigenvalue weighted by Gasteiger charge is 2.26. The van der Waals surface area contributed by atoms with E-state index in [0.29, 0.717) is 22.9 Å². The molecule has 1 heterocycles. The molecule has 0 atom stereocenters. The number of ether oxygens (including phenoxy) is 1. The minimum atomic E-state index is 0.507. The van der Waals surface area contributed by atoms with Crippen LogP contribution in [0.5, 0.6) is 11.5 Å². The first-order valence-electron chi connectivity index (χ1n) is 10.9. The lowest BCUT2D eigenvalue weighted by Gasteiger charge is -2.39. The number of nitrogens with zero attached hydrogens (tertiary/aromatic N) is 1. The van der Waals surface area contributed by atoms with Crippen LogP contribution in [-0.4, -0.2) is 0 Å². The van der Waals surface area contributed by atoms with Gasteiger partial charge in [0.1, 0.15) is 0 Å². The largest absolute Gasteiger partial charge is 0.754 e. The summed E-state index contributed by atoms with van der Waals surface area (Å²) in [6.45, 7) is 0. The summed E-state index contributed by atoms with van der Waals surface area (Å²) < 4.78 is 6.57. The second kappa shape index (κ2) is 7.97. The number of hydrogen-bond acceptors (Lipinski definition) is 3. The van der Waals surface area contributed by atoms with E-state index in [1.54, 1.807) is 0 Å². The Morgan fingerprint density at radius 2 is 1.00 bits per heavy atom. The second-order valence-corrected chi connectivity index (χ2v) is 8.02. The van der Waals surface area contributed by atoms with E-state index < -0.39 is 0 Å². The van der Waals surface area contributed by atoms with Crippen LogP contribution in [0.25, 0.3) is 33.4 Å². The van der Waals surface area contributed by atoms with Gasteiger partial charge >= 0.3 is 0 Å². The Bertz CT molecular complexity index is 1430. The van der Waals surface area contributed by atoms with E-state index in [-0.39, 0.29) is 0 Å². The summed E-state index contributed by atoms with van der Waals surface area (Å²) in [5.74, 6) is 1.16. The molecule has 1 aliphatic heterocycles. The van der Waals surface area contributed by atoms with Crippen LogP contribution in [0.3, 0.4) is 0 Å². The normalized spacial score (nSPS) is 12.0. The highest BCUT2D eigenvalue weighted by atomic mass is 16.5. The third kappa shape index (κ3) is 3.36. The fourth-order valence-electron chi connectivity index (χ4n) is 4.37. The summed E-state index contributed by atoms with van der Waals surface area (Å²) in [6.07, 6.45) is 0. The molecule has 1 aliphatic rings. The fraction of sp³-hybridized carbons (Fsp3) is 0. The maximum atomic E-state index is 13.7. The Balaban J connectivity index is 1.59. The van der Waals surface area contributed by atoms with Gasteiger partial charge in [-0.3, -0.25) is 0 Å². The first-order valence-corrected chi connectivity index (χ1v) is 10.9. The summed E-state index contributed by atoms with van der Waals surface area (Å²) in [5.41, 5.74) is 6.83. The molecule has 0 fully saturated rings. The van der Waals surface area contributed by atoms with Crippen molar-refractivity contribution >= 4 is 11.4 Å². The molecule has 0 aromatic heterocycles. The lowest BCUT2D eigenvalue weighted by molar-refractivity contribution is 0.480. The van der Waals surface area contributed by atoms with E-state index in [4.69, 9.17) is 4.74 Å². The Morgan fingerprint density at radius 1 is 0.455 bits per heavy atom. The minimum Gasteiger partial charge on any atom is -0.754 e. The molecule has 0 saturated heterocycles. The van der Waals surface area contributed by atoms with E-state index in [2.05, 4.69) is 18.2 Å². The fourth-order valence-corrected chi connectivity index (χ4v) is 4.37. The number of benzene rings is 5. The Labute approximate surface area is 192 Å². The highest BCUT2D eigenvalue weighted by Crippen LogP contribution is 2.54. The second-order valence-electron chi connectivity index (χ2n) is 8.02. The predicted molar refractivity (Wildman–Crippen MR) is 135 cm³/mol. The molecule has 5 aromatic carbocycles. The third-order valence-corrected chi connectivity index (χ3v) is 5.98. The number of hydrogen-bond donors (Lipinski definition) is 0. The van der Waals surface area contributed by atoms with Gasteiger partial charge in [0.25, 0.3) is 0 Å². The topological polar surface area (TPSA) is 35.5 Å². The van der Waals surface area contributed by atoms with Gasteiger partial charge in [0.2, 0.25) is 0 Å². The Morgan fingerprint density at radius 3 is 1.64 bits per heavy atom. The van der Waals surface area contributed by atoms with Crippen LogP contribution < -0.4 is 9.80 Å². The van der Waals surface area contributed by atoms with E-state index in [0.717, 1.165) is 38.4 Å². The van der Waals surface area contributed by atoms with Gasteiger partial charge in [0, 0.05) is 11.1 Å².